The van der Waals surface area contributed by atoms with Gasteiger partial charge in [-0.3, -0.25) is 4.79 Å². The van der Waals surface area contributed by atoms with Gasteiger partial charge in [-0.1, -0.05) is 35.5 Å². The van der Waals surface area contributed by atoms with Crippen molar-refractivity contribution in [1.82, 2.24) is 15.0 Å². The van der Waals surface area contributed by atoms with Crippen molar-refractivity contribution in [2.75, 3.05) is 32.6 Å². The number of amides is 1. The molecule has 2 heterocycles. The molecule has 1 aliphatic rings. The fraction of sp³-hybridized carbons (Fsp3) is 0.318. The average molecular weight is 408 g/mol. The molecule has 1 atom stereocenters. The standard InChI is InChI=1S/C22H24N4O4/c1-28-18-11-16(12-19(13-18)29-2)21-24-22(30-25-21)23-17-8-9-26(14-17)20(27)10-15-6-4-3-5-7-15/h3-7,11-13,17H,8-10,14H2,1-2H3,(H,23,24,25). The van der Waals surface area contributed by atoms with Gasteiger partial charge in [0.25, 0.3) is 0 Å². The van der Waals surface area contributed by atoms with Crippen LogP contribution in [0, 0.1) is 0 Å². The van der Waals surface area contributed by atoms with E-state index in [9.17, 15) is 4.79 Å². The van der Waals surface area contributed by atoms with Gasteiger partial charge in [-0.25, -0.2) is 0 Å². The lowest BCUT2D eigenvalue weighted by atomic mass is 10.1. The summed E-state index contributed by atoms with van der Waals surface area (Å²) in [5.41, 5.74) is 1.75. The monoisotopic (exact) mass is 408 g/mol. The van der Waals surface area contributed by atoms with Gasteiger partial charge in [-0.15, -0.1) is 0 Å². The molecular formula is C22H24N4O4. The van der Waals surface area contributed by atoms with E-state index >= 15 is 0 Å². The molecule has 1 saturated heterocycles. The van der Waals surface area contributed by atoms with Crippen molar-refractivity contribution in [3.8, 4) is 22.9 Å². The van der Waals surface area contributed by atoms with Crippen LogP contribution in [0.2, 0.25) is 0 Å². The fourth-order valence-corrected chi connectivity index (χ4v) is 3.50. The third-order valence-electron chi connectivity index (χ3n) is 5.10. The summed E-state index contributed by atoms with van der Waals surface area (Å²) in [4.78, 5) is 18.8. The number of rotatable bonds is 7. The van der Waals surface area contributed by atoms with Crippen molar-refractivity contribution in [1.29, 1.82) is 0 Å². The number of anilines is 1. The van der Waals surface area contributed by atoms with Crippen molar-refractivity contribution in [3.05, 3.63) is 54.1 Å². The highest BCUT2D eigenvalue weighted by Gasteiger charge is 2.27. The highest BCUT2D eigenvalue weighted by molar-refractivity contribution is 5.79. The van der Waals surface area contributed by atoms with Gasteiger partial charge in [-0.2, -0.15) is 4.98 Å². The smallest absolute Gasteiger partial charge is 0.322 e. The number of nitrogens with zero attached hydrogens (tertiary/aromatic N) is 3. The first-order valence-corrected chi connectivity index (χ1v) is 9.80. The minimum atomic E-state index is 0.0675. The van der Waals surface area contributed by atoms with Crippen LogP contribution in [-0.4, -0.2) is 54.3 Å². The predicted molar refractivity (Wildman–Crippen MR) is 112 cm³/mol. The number of aromatic nitrogens is 2. The van der Waals surface area contributed by atoms with Gasteiger partial charge in [0.15, 0.2) is 0 Å². The van der Waals surface area contributed by atoms with Gasteiger partial charge < -0.3 is 24.2 Å². The topological polar surface area (TPSA) is 89.7 Å². The van der Waals surface area contributed by atoms with Crippen LogP contribution in [0.4, 0.5) is 6.01 Å². The SMILES string of the molecule is COc1cc(OC)cc(-c2noc(NC3CCN(C(=O)Cc4ccccc4)C3)n2)c1. The molecule has 4 rings (SSSR count). The van der Waals surface area contributed by atoms with Crippen LogP contribution in [0.25, 0.3) is 11.4 Å². The molecule has 1 N–H and O–H groups in total. The molecular weight excluding hydrogens is 384 g/mol. The van der Waals surface area contributed by atoms with Gasteiger partial charge in [0.1, 0.15) is 11.5 Å². The molecule has 8 nitrogen and oxygen atoms in total. The van der Waals surface area contributed by atoms with Gasteiger partial charge in [-0.05, 0) is 24.1 Å². The average Bonchev–Trinajstić information content (AvgIpc) is 3.44. The Labute approximate surface area is 174 Å². The number of carbonyl (C=O) groups excluding carboxylic acids is 1. The van der Waals surface area contributed by atoms with Crippen LogP contribution in [0.15, 0.2) is 53.1 Å². The number of ether oxygens (including phenoxy) is 2. The number of likely N-dealkylation sites (tertiary alicyclic amines) is 1. The molecule has 30 heavy (non-hydrogen) atoms. The summed E-state index contributed by atoms with van der Waals surface area (Å²) in [6.07, 6.45) is 1.24. The zero-order valence-corrected chi connectivity index (χ0v) is 17.0. The van der Waals surface area contributed by atoms with Crippen LogP contribution < -0.4 is 14.8 Å². The summed E-state index contributed by atoms with van der Waals surface area (Å²) in [5, 5.41) is 7.29. The first kappa shape index (κ1) is 19.8. The number of carbonyl (C=O) groups is 1. The Morgan fingerprint density at radius 3 is 2.60 bits per heavy atom. The summed E-state index contributed by atoms with van der Waals surface area (Å²) in [6, 6.07) is 15.6. The van der Waals surface area contributed by atoms with Gasteiger partial charge in [0.05, 0.1) is 20.6 Å². The summed E-state index contributed by atoms with van der Waals surface area (Å²) in [5.74, 6) is 1.85. The molecule has 0 radical (unpaired) electrons. The van der Waals surface area contributed by atoms with E-state index in [4.69, 9.17) is 14.0 Å². The van der Waals surface area contributed by atoms with Gasteiger partial charge >= 0.3 is 6.01 Å². The van der Waals surface area contributed by atoms with Gasteiger partial charge in [0, 0.05) is 30.8 Å². The van der Waals surface area contributed by atoms with Crippen LogP contribution in [-0.2, 0) is 11.2 Å². The highest BCUT2D eigenvalue weighted by atomic mass is 16.5. The summed E-state index contributed by atoms with van der Waals surface area (Å²) in [7, 11) is 3.18. The van der Waals surface area contributed by atoms with E-state index in [1.165, 1.54) is 0 Å². The third kappa shape index (κ3) is 4.53. The number of nitrogens with one attached hydrogen (secondary N) is 1. The van der Waals surface area contributed by atoms with Crippen molar-refractivity contribution in [2.45, 2.75) is 18.9 Å². The number of hydrogen-bond acceptors (Lipinski definition) is 7. The largest absolute Gasteiger partial charge is 0.497 e. The van der Waals surface area contributed by atoms with Crippen molar-refractivity contribution < 1.29 is 18.8 Å². The van der Waals surface area contributed by atoms with E-state index in [0.29, 0.717) is 42.8 Å². The molecule has 2 aromatic carbocycles. The second-order valence-corrected chi connectivity index (χ2v) is 7.16. The zero-order valence-electron chi connectivity index (χ0n) is 17.0. The van der Waals surface area contributed by atoms with E-state index in [1.54, 1.807) is 20.3 Å². The predicted octanol–water partition coefficient (Wildman–Crippen LogP) is 3.01. The van der Waals surface area contributed by atoms with E-state index in [1.807, 2.05) is 47.4 Å². The van der Waals surface area contributed by atoms with Crippen molar-refractivity contribution >= 4 is 11.9 Å². The molecule has 0 saturated carbocycles. The molecule has 0 bridgehead atoms. The maximum Gasteiger partial charge on any atom is 0.322 e. The maximum absolute atomic E-state index is 12.5. The van der Waals surface area contributed by atoms with Crippen LogP contribution in [0.3, 0.4) is 0 Å². The van der Waals surface area contributed by atoms with Crippen LogP contribution in [0.5, 0.6) is 11.5 Å². The molecule has 3 aromatic rings. The summed E-state index contributed by atoms with van der Waals surface area (Å²) < 4.78 is 15.9. The molecule has 1 amide bonds. The number of benzene rings is 2. The molecule has 0 aliphatic carbocycles. The van der Waals surface area contributed by atoms with Gasteiger partial charge in [0.2, 0.25) is 11.7 Å². The lowest BCUT2D eigenvalue weighted by molar-refractivity contribution is -0.129. The molecule has 8 heteroatoms. The Bertz CT molecular complexity index is 983. The zero-order chi connectivity index (χ0) is 20.9. The third-order valence-corrected chi connectivity index (χ3v) is 5.10. The van der Waals surface area contributed by atoms with E-state index in [2.05, 4.69) is 15.5 Å². The van der Waals surface area contributed by atoms with Crippen molar-refractivity contribution in [3.63, 3.8) is 0 Å². The molecule has 1 unspecified atom stereocenters. The minimum Gasteiger partial charge on any atom is -0.497 e. The van der Waals surface area contributed by atoms with E-state index in [0.717, 1.165) is 17.5 Å². The van der Waals surface area contributed by atoms with Crippen LogP contribution >= 0.6 is 0 Å². The first-order chi connectivity index (χ1) is 14.6. The Kier molecular flexibility index (Phi) is 5.83. The Balaban J connectivity index is 1.37. The Morgan fingerprint density at radius 1 is 1.17 bits per heavy atom. The first-order valence-electron chi connectivity index (χ1n) is 9.80. The van der Waals surface area contributed by atoms with E-state index < -0.39 is 0 Å². The lowest BCUT2D eigenvalue weighted by Gasteiger charge is -2.16. The summed E-state index contributed by atoms with van der Waals surface area (Å²) >= 11 is 0. The quantitative estimate of drug-likeness (QED) is 0.643. The second-order valence-electron chi connectivity index (χ2n) is 7.16. The number of hydrogen-bond donors (Lipinski definition) is 1. The fourth-order valence-electron chi connectivity index (χ4n) is 3.50. The van der Waals surface area contributed by atoms with E-state index in [-0.39, 0.29) is 11.9 Å². The van der Waals surface area contributed by atoms with Crippen LogP contribution in [0.1, 0.15) is 12.0 Å². The number of methoxy groups -OCH3 is 2. The minimum absolute atomic E-state index is 0.0675. The molecule has 1 aliphatic heterocycles. The lowest BCUT2D eigenvalue weighted by Crippen LogP contribution is -2.32. The second kappa shape index (κ2) is 8.86. The highest BCUT2D eigenvalue weighted by Crippen LogP contribution is 2.29. The molecule has 1 fully saturated rings. The normalized spacial score (nSPS) is 15.8. The van der Waals surface area contributed by atoms with Crippen molar-refractivity contribution in [2.24, 2.45) is 0 Å². The molecule has 0 spiro atoms. The summed E-state index contributed by atoms with van der Waals surface area (Å²) in [6.45, 7) is 1.31. The Hall–Kier alpha value is -3.55. The Morgan fingerprint density at radius 2 is 1.90 bits per heavy atom. The maximum atomic E-state index is 12.5. The molecule has 1 aromatic heterocycles. The molecule has 156 valence electrons.